The van der Waals surface area contributed by atoms with Gasteiger partial charge in [0.2, 0.25) is 0 Å². The first-order chi connectivity index (χ1) is 7.66. The van der Waals surface area contributed by atoms with Crippen molar-refractivity contribution in [2.24, 2.45) is 5.73 Å². The Morgan fingerprint density at radius 1 is 1.12 bits per heavy atom. The smallest absolute Gasteiger partial charge is 0.0249 e. The number of rotatable bonds is 4. The van der Waals surface area contributed by atoms with Crippen LogP contribution in [0.25, 0.3) is 0 Å². The largest absolute Gasteiger partial charge is 0.326 e. The molecule has 2 nitrogen and oxygen atoms in total. The summed E-state index contributed by atoms with van der Waals surface area (Å²) in [6.45, 7) is 8.09. The molecule has 1 saturated carbocycles. The maximum atomic E-state index is 6.38. The zero-order chi connectivity index (χ0) is 12.0. The molecule has 2 N–H and O–H groups in total. The highest BCUT2D eigenvalue weighted by atomic mass is 15.2. The quantitative estimate of drug-likeness (QED) is 0.798. The number of nitrogens with two attached hydrogens (primary N) is 1. The molecule has 0 saturated heterocycles. The van der Waals surface area contributed by atoms with Crippen LogP contribution in [-0.4, -0.2) is 29.6 Å². The molecule has 1 rings (SSSR count). The second-order valence-corrected chi connectivity index (χ2v) is 5.55. The molecule has 1 fully saturated rings. The molecule has 0 aromatic rings. The van der Waals surface area contributed by atoms with E-state index in [2.05, 4.69) is 25.7 Å². The van der Waals surface area contributed by atoms with Crippen molar-refractivity contribution >= 4 is 0 Å². The Morgan fingerprint density at radius 2 is 1.75 bits per heavy atom. The van der Waals surface area contributed by atoms with Crippen LogP contribution in [0.4, 0.5) is 0 Å². The molecule has 0 heterocycles. The third-order valence-electron chi connectivity index (χ3n) is 3.85. The average Bonchev–Trinajstić information content (AvgIpc) is 2.22. The second kappa shape index (κ2) is 7.29. The normalized spacial score (nSPS) is 28.1. The van der Waals surface area contributed by atoms with Crippen molar-refractivity contribution in [3.8, 4) is 0 Å². The summed E-state index contributed by atoms with van der Waals surface area (Å²) in [7, 11) is 0. The lowest BCUT2D eigenvalue weighted by atomic mass is 9.91. The molecular weight excluding hydrogens is 196 g/mol. The van der Waals surface area contributed by atoms with Crippen LogP contribution in [0.15, 0.2) is 0 Å². The van der Waals surface area contributed by atoms with E-state index in [1.807, 2.05) is 0 Å². The summed E-state index contributed by atoms with van der Waals surface area (Å²) < 4.78 is 0. The summed E-state index contributed by atoms with van der Waals surface area (Å²) in [4.78, 5) is 2.63. The highest BCUT2D eigenvalue weighted by molar-refractivity contribution is 4.85. The van der Waals surface area contributed by atoms with Crippen LogP contribution in [0.1, 0.15) is 65.7 Å². The van der Waals surface area contributed by atoms with Gasteiger partial charge in [-0.2, -0.15) is 0 Å². The lowest BCUT2D eigenvalue weighted by Gasteiger charge is -2.39. The molecule has 0 amide bonds. The Morgan fingerprint density at radius 3 is 2.31 bits per heavy atom. The zero-order valence-electron chi connectivity index (χ0n) is 11.4. The fraction of sp³-hybridized carbons (Fsp3) is 1.00. The van der Waals surface area contributed by atoms with E-state index in [-0.39, 0.29) is 0 Å². The van der Waals surface area contributed by atoms with Crippen molar-refractivity contribution in [3.63, 3.8) is 0 Å². The fourth-order valence-electron chi connectivity index (χ4n) is 2.97. The van der Waals surface area contributed by atoms with Crippen LogP contribution < -0.4 is 5.73 Å². The summed E-state index contributed by atoms with van der Waals surface area (Å²) in [5.41, 5.74) is 6.38. The van der Waals surface area contributed by atoms with Gasteiger partial charge in [-0.05, 0) is 39.7 Å². The summed E-state index contributed by atoms with van der Waals surface area (Å²) in [6, 6.07) is 1.66. The van der Waals surface area contributed by atoms with Crippen LogP contribution in [0.2, 0.25) is 0 Å². The van der Waals surface area contributed by atoms with E-state index in [4.69, 9.17) is 5.73 Å². The second-order valence-electron chi connectivity index (χ2n) is 5.55. The van der Waals surface area contributed by atoms with E-state index in [0.29, 0.717) is 18.1 Å². The van der Waals surface area contributed by atoms with E-state index in [9.17, 15) is 0 Å². The molecule has 0 aliphatic heterocycles. The molecule has 1 aliphatic rings. The van der Waals surface area contributed by atoms with E-state index < -0.39 is 0 Å². The number of hydrogen-bond acceptors (Lipinski definition) is 2. The maximum Gasteiger partial charge on any atom is 0.0249 e. The molecule has 2 heteroatoms. The lowest BCUT2D eigenvalue weighted by Crippen LogP contribution is -2.51. The third kappa shape index (κ3) is 4.06. The Balaban J connectivity index is 2.62. The Bertz CT molecular complexity index is 180. The number of hydrogen-bond donors (Lipinski definition) is 1. The average molecular weight is 226 g/mol. The van der Waals surface area contributed by atoms with Gasteiger partial charge in [-0.1, -0.05) is 32.6 Å². The van der Waals surface area contributed by atoms with Gasteiger partial charge in [-0.25, -0.2) is 0 Å². The van der Waals surface area contributed by atoms with Crippen LogP contribution >= 0.6 is 0 Å². The van der Waals surface area contributed by atoms with E-state index in [1.54, 1.807) is 0 Å². The van der Waals surface area contributed by atoms with Crippen LogP contribution in [0.3, 0.4) is 0 Å². The van der Waals surface area contributed by atoms with Crippen LogP contribution in [-0.2, 0) is 0 Å². The maximum absolute atomic E-state index is 6.38. The molecule has 2 unspecified atom stereocenters. The van der Waals surface area contributed by atoms with Gasteiger partial charge in [0.05, 0.1) is 0 Å². The lowest BCUT2D eigenvalue weighted by molar-refractivity contribution is 0.114. The van der Waals surface area contributed by atoms with Gasteiger partial charge >= 0.3 is 0 Å². The monoisotopic (exact) mass is 226 g/mol. The zero-order valence-corrected chi connectivity index (χ0v) is 11.4. The van der Waals surface area contributed by atoms with Crippen LogP contribution in [0.5, 0.6) is 0 Å². The van der Waals surface area contributed by atoms with Gasteiger partial charge in [-0.3, -0.25) is 4.90 Å². The summed E-state index contributed by atoms with van der Waals surface area (Å²) in [5, 5.41) is 0. The molecule has 2 atom stereocenters. The van der Waals surface area contributed by atoms with Gasteiger partial charge < -0.3 is 5.73 Å². The minimum atomic E-state index is 0.397. The molecule has 1 aliphatic carbocycles. The summed E-state index contributed by atoms with van der Waals surface area (Å²) in [6.07, 6.45) is 9.25. The van der Waals surface area contributed by atoms with E-state index >= 15 is 0 Å². The Kier molecular flexibility index (Phi) is 6.37. The predicted molar refractivity (Wildman–Crippen MR) is 71.6 cm³/mol. The SMILES string of the molecule is CCCN(C(C)C)C1CCCCCCC1N. The highest BCUT2D eigenvalue weighted by Crippen LogP contribution is 2.22. The third-order valence-corrected chi connectivity index (χ3v) is 3.85. The van der Waals surface area contributed by atoms with E-state index in [0.717, 1.165) is 0 Å². The molecule has 16 heavy (non-hydrogen) atoms. The molecule has 0 spiro atoms. The topological polar surface area (TPSA) is 29.3 Å². The van der Waals surface area contributed by atoms with Gasteiger partial charge in [0.15, 0.2) is 0 Å². The van der Waals surface area contributed by atoms with Gasteiger partial charge in [-0.15, -0.1) is 0 Å². The molecular formula is C14H30N2. The molecule has 0 aromatic carbocycles. The van der Waals surface area contributed by atoms with Crippen molar-refractivity contribution < 1.29 is 0 Å². The van der Waals surface area contributed by atoms with Gasteiger partial charge in [0.1, 0.15) is 0 Å². The minimum absolute atomic E-state index is 0.397. The fourth-order valence-corrected chi connectivity index (χ4v) is 2.97. The standard InChI is InChI=1S/C14H30N2/c1-4-11-16(12(2)3)14-10-8-6-5-7-9-13(14)15/h12-14H,4-11,15H2,1-3H3. The molecule has 0 aromatic heterocycles. The Labute approximate surface area is 102 Å². The molecule has 0 radical (unpaired) electrons. The first-order valence-corrected chi connectivity index (χ1v) is 7.18. The van der Waals surface area contributed by atoms with Crippen molar-refractivity contribution in [3.05, 3.63) is 0 Å². The van der Waals surface area contributed by atoms with Crippen LogP contribution in [0, 0.1) is 0 Å². The first kappa shape index (κ1) is 14.0. The first-order valence-electron chi connectivity index (χ1n) is 7.18. The summed E-state index contributed by atoms with van der Waals surface area (Å²) >= 11 is 0. The van der Waals surface area contributed by atoms with Crippen molar-refractivity contribution in [2.75, 3.05) is 6.54 Å². The van der Waals surface area contributed by atoms with Gasteiger partial charge in [0, 0.05) is 18.1 Å². The molecule has 0 bridgehead atoms. The number of nitrogens with zero attached hydrogens (tertiary/aromatic N) is 1. The highest BCUT2D eigenvalue weighted by Gasteiger charge is 2.26. The molecule has 96 valence electrons. The van der Waals surface area contributed by atoms with Gasteiger partial charge in [0.25, 0.3) is 0 Å². The Hall–Kier alpha value is -0.0800. The van der Waals surface area contributed by atoms with E-state index in [1.165, 1.54) is 51.5 Å². The predicted octanol–water partition coefficient (Wildman–Crippen LogP) is 3.16. The van der Waals surface area contributed by atoms with Crippen molar-refractivity contribution in [1.29, 1.82) is 0 Å². The minimum Gasteiger partial charge on any atom is -0.326 e. The van der Waals surface area contributed by atoms with Crippen molar-refractivity contribution in [2.45, 2.75) is 83.8 Å². The van der Waals surface area contributed by atoms with Crippen molar-refractivity contribution in [1.82, 2.24) is 4.90 Å². The summed E-state index contributed by atoms with van der Waals surface area (Å²) in [5.74, 6) is 0.